The van der Waals surface area contributed by atoms with E-state index in [1.165, 1.54) is 37.2 Å². The summed E-state index contributed by atoms with van der Waals surface area (Å²) in [6.07, 6.45) is 7.10. The van der Waals surface area contributed by atoms with Crippen molar-refractivity contribution in [3.63, 3.8) is 0 Å². The molecule has 5 nitrogen and oxygen atoms in total. The highest BCUT2D eigenvalue weighted by Crippen LogP contribution is 2.35. The van der Waals surface area contributed by atoms with Crippen LogP contribution in [-0.2, 0) is 0 Å². The number of likely N-dealkylation sites (tertiary alicyclic amines) is 1. The SMILES string of the molecule is C1CCNCC1.COc1ccc2nccc(C(F)CC[C@@H]3CCN(CCSc4ccccc4)C[C@@H]3CO)c2c1. The first-order valence-corrected chi connectivity index (χ1v) is 15.4. The van der Waals surface area contributed by atoms with E-state index in [-0.39, 0.29) is 12.5 Å². The Morgan fingerprint density at radius 3 is 2.62 bits per heavy atom. The lowest BCUT2D eigenvalue weighted by Gasteiger charge is -2.38. The number of aliphatic hydroxyl groups excluding tert-OH is 1. The number of fused-ring (bicyclic) bond motifs is 1. The third kappa shape index (κ3) is 9.17. The van der Waals surface area contributed by atoms with Gasteiger partial charge in [0.25, 0.3) is 0 Å². The van der Waals surface area contributed by atoms with Crippen molar-refractivity contribution in [1.82, 2.24) is 15.2 Å². The van der Waals surface area contributed by atoms with Crippen LogP contribution in [0.4, 0.5) is 4.39 Å². The quantitative estimate of drug-likeness (QED) is 0.279. The molecule has 3 aromatic rings. The van der Waals surface area contributed by atoms with Gasteiger partial charge in [-0.3, -0.25) is 4.98 Å². The van der Waals surface area contributed by atoms with Gasteiger partial charge in [-0.1, -0.05) is 24.6 Å². The summed E-state index contributed by atoms with van der Waals surface area (Å²) < 4.78 is 20.7. The second-order valence-corrected chi connectivity index (χ2v) is 11.8. The molecule has 7 heteroatoms. The Kier molecular flexibility index (Phi) is 12.3. The second-order valence-electron chi connectivity index (χ2n) is 10.6. The lowest BCUT2D eigenvalue weighted by molar-refractivity contribution is 0.0672. The van der Waals surface area contributed by atoms with Gasteiger partial charge < -0.3 is 20.1 Å². The smallest absolute Gasteiger partial charge is 0.126 e. The van der Waals surface area contributed by atoms with E-state index >= 15 is 4.39 Å². The van der Waals surface area contributed by atoms with Crippen molar-refractivity contribution in [1.29, 1.82) is 0 Å². The topological polar surface area (TPSA) is 57.6 Å². The molecule has 2 fully saturated rings. The van der Waals surface area contributed by atoms with Crippen molar-refractivity contribution < 1.29 is 14.2 Å². The number of thioether (sulfide) groups is 1. The van der Waals surface area contributed by atoms with Gasteiger partial charge in [0.15, 0.2) is 0 Å². The highest BCUT2D eigenvalue weighted by Gasteiger charge is 2.29. The fourth-order valence-electron chi connectivity index (χ4n) is 5.62. The molecular formula is C32H44FN3O2S. The van der Waals surface area contributed by atoms with Gasteiger partial charge in [0, 0.05) is 41.9 Å². The summed E-state index contributed by atoms with van der Waals surface area (Å²) in [7, 11) is 1.62. The Bertz CT molecular complexity index is 1100. The zero-order valence-electron chi connectivity index (χ0n) is 23.2. The standard InChI is InChI=1S/C27H33FN2O2S.C5H11N/c1-32-22-8-10-27-25(17-22)24(11-13-29-27)26(28)9-7-20-12-14-30(18-21(20)19-31)15-16-33-23-5-3-2-4-6-23;1-2-4-6-5-3-1/h2-6,8,10-11,13,17,20-21,26,31H,7,9,12,14-16,18-19H2,1H3;6H,1-5H2/t20-,21-,26?;/m1./s1. The van der Waals surface area contributed by atoms with Crippen LogP contribution in [0.5, 0.6) is 5.75 Å². The van der Waals surface area contributed by atoms with Gasteiger partial charge in [0.05, 0.1) is 12.6 Å². The van der Waals surface area contributed by atoms with E-state index in [2.05, 4.69) is 39.5 Å². The van der Waals surface area contributed by atoms with Crippen LogP contribution in [0.1, 0.15) is 50.3 Å². The molecule has 1 aromatic heterocycles. The van der Waals surface area contributed by atoms with Gasteiger partial charge in [-0.05, 0) is 106 Å². The molecule has 212 valence electrons. The molecule has 2 saturated heterocycles. The number of rotatable bonds is 10. The molecule has 3 atom stereocenters. The van der Waals surface area contributed by atoms with E-state index in [0.717, 1.165) is 49.1 Å². The molecular weight excluding hydrogens is 509 g/mol. The second kappa shape index (κ2) is 16.2. The fourth-order valence-corrected chi connectivity index (χ4v) is 6.55. The van der Waals surface area contributed by atoms with Gasteiger partial charge in [-0.2, -0.15) is 0 Å². The van der Waals surface area contributed by atoms with Crippen LogP contribution in [0, 0.1) is 11.8 Å². The first-order chi connectivity index (χ1) is 19.2. The summed E-state index contributed by atoms with van der Waals surface area (Å²) >= 11 is 1.87. The average molecular weight is 554 g/mol. The number of nitrogens with zero attached hydrogens (tertiary/aromatic N) is 2. The largest absolute Gasteiger partial charge is 0.497 e. The number of halogens is 1. The summed E-state index contributed by atoms with van der Waals surface area (Å²) in [5.41, 5.74) is 1.46. The summed E-state index contributed by atoms with van der Waals surface area (Å²) in [5, 5.41) is 14.1. The summed E-state index contributed by atoms with van der Waals surface area (Å²) in [6, 6.07) is 17.8. The van der Waals surface area contributed by atoms with E-state index in [1.54, 1.807) is 19.4 Å². The number of benzene rings is 2. The predicted molar refractivity (Wildman–Crippen MR) is 160 cm³/mol. The molecule has 1 unspecified atom stereocenters. The number of piperidine rings is 2. The van der Waals surface area contributed by atoms with Crippen LogP contribution in [0.3, 0.4) is 0 Å². The predicted octanol–water partition coefficient (Wildman–Crippen LogP) is 6.52. The summed E-state index contributed by atoms with van der Waals surface area (Å²) in [4.78, 5) is 8.10. The molecule has 2 N–H and O–H groups in total. The number of pyridine rings is 1. The van der Waals surface area contributed by atoms with Crippen molar-refractivity contribution in [2.24, 2.45) is 11.8 Å². The molecule has 2 aliphatic rings. The monoisotopic (exact) mass is 553 g/mol. The maximum absolute atomic E-state index is 15.3. The third-order valence-corrected chi connectivity index (χ3v) is 8.94. The average Bonchev–Trinajstić information content (AvgIpc) is 3.01. The van der Waals surface area contributed by atoms with Crippen LogP contribution in [0.25, 0.3) is 10.9 Å². The van der Waals surface area contributed by atoms with Gasteiger partial charge >= 0.3 is 0 Å². The lowest BCUT2D eigenvalue weighted by atomic mass is 9.81. The van der Waals surface area contributed by atoms with Crippen molar-refractivity contribution in [2.75, 3.05) is 52.2 Å². The van der Waals surface area contributed by atoms with Crippen LogP contribution >= 0.6 is 11.8 Å². The number of nitrogens with one attached hydrogen (secondary N) is 1. The Hall–Kier alpha value is -2.19. The normalized spacial score (nSPS) is 20.7. The van der Waals surface area contributed by atoms with E-state index in [0.29, 0.717) is 23.7 Å². The first kappa shape index (κ1) is 29.8. The van der Waals surface area contributed by atoms with Crippen LogP contribution in [0.2, 0.25) is 0 Å². The van der Waals surface area contributed by atoms with Crippen LogP contribution in [0.15, 0.2) is 65.7 Å². The molecule has 0 bridgehead atoms. The van der Waals surface area contributed by atoms with E-state index in [1.807, 2.05) is 36.0 Å². The molecule has 0 saturated carbocycles. The van der Waals surface area contributed by atoms with Crippen molar-refractivity contribution in [3.05, 3.63) is 66.4 Å². The maximum atomic E-state index is 15.3. The highest BCUT2D eigenvalue weighted by molar-refractivity contribution is 7.99. The molecule has 2 aromatic carbocycles. The minimum atomic E-state index is -1.05. The maximum Gasteiger partial charge on any atom is 0.126 e. The zero-order valence-corrected chi connectivity index (χ0v) is 24.1. The number of hydrogen-bond donors (Lipinski definition) is 2. The van der Waals surface area contributed by atoms with E-state index in [4.69, 9.17) is 4.74 Å². The number of methoxy groups -OCH3 is 1. The fraction of sp³-hybridized carbons (Fsp3) is 0.531. The minimum absolute atomic E-state index is 0.166. The van der Waals surface area contributed by atoms with Gasteiger partial charge in [-0.25, -0.2) is 4.39 Å². The first-order valence-electron chi connectivity index (χ1n) is 14.5. The molecule has 0 radical (unpaired) electrons. The molecule has 0 aliphatic carbocycles. The van der Waals surface area contributed by atoms with Crippen molar-refractivity contribution >= 4 is 22.7 Å². The van der Waals surface area contributed by atoms with Gasteiger partial charge in [-0.15, -0.1) is 11.8 Å². The van der Waals surface area contributed by atoms with Gasteiger partial charge in [0.2, 0.25) is 0 Å². The van der Waals surface area contributed by atoms with E-state index < -0.39 is 6.17 Å². The molecule has 0 amide bonds. The Balaban J connectivity index is 0.000000519. The number of aliphatic hydroxyl groups is 1. The zero-order chi connectivity index (χ0) is 27.3. The summed E-state index contributed by atoms with van der Waals surface area (Å²) in [6.45, 7) is 5.59. The molecule has 2 aliphatic heterocycles. The summed E-state index contributed by atoms with van der Waals surface area (Å²) in [5.74, 6) is 2.32. The minimum Gasteiger partial charge on any atom is -0.497 e. The highest BCUT2D eigenvalue weighted by atomic mass is 32.2. The Morgan fingerprint density at radius 2 is 1.92 bits per heavy atom. The van der Waals surface area contributed by atoms with Crippen LogP contribution < -0.4 is 10.1 Å². The van der Waals surface area contributed by atoms with Crippen LogP contribution in [-0.4, -0.2) is 67.2 Å². The molecule has 0 spiro atoms. The lowest BCUT2D eigenvalue weighted by Crippen LogP contribution is -2.43. The third-order valence-electron chi connectivity index (χ3n) is 7.95. The number of hydrogen-bond acceptors (Lipinski definition) is 6. The molecule has 5 rings (SSSR count). The van der Waals surface area contributed by atoms with Crippen molar-refractivity contribution in [3.8, 4) is 5.75 Å². The number of aromatic nitrogens is 1. The Morgan fingerprint density at radius 1 is 1.10 bits per heavy atom. The molecule has 39 heavy (non-hydrogen) atoms. The number of alkyl halides is 1. The number of ether oxygens (including phenoxy) is 1. The Labute approximate surface area is 237 Å². The molecule has 3 heterocycles. The van der Waals surface area contributed by atoms with Gasteiger partial charge in [0.1, 0.15) is 11.9 Å². The van der Waals surface area contributed by atoms with Crippen molar-refractivity contribution in [2.45, 2.75) is 49.6 Å². The van der Waals surface area contributed by atoms with E-state index in [9.17, 15) is 5.11 Å².